The van der Waals surface area contributed by atoms with Gasteiger partial charge in [-0.15, -0.1) is 11.6 Å². The molecule has 11 heavy (non-hydrogen) atoms. The monoisotopic (exact) mass is 212 g/mol. The number of halogens is 3. The van der Waals surface area contributed by atoms with Gasteiger partial charge >= 0.3 is 41.9 Å². The molecule has 1 aromatic carbocycles. The second-order valence-electron chi connectivity index (χ2n) is 1.22. The van der Waals surface area contributed by atoms with Crippen molar-refractivity contribution in [3.8, 4) is 0 Å². The zero-order chi connectivity index (χ0) is 5.11. The van der Waals surface area contributed by atoms with E-state index >= 15 is 0 Å². The molecule has 0 fully saturated rings. The van der Waals surface area contributed by atoms with Crippen molar-refractivity contribution in [3.63, 3.8) is 0 Å². The van der Waals surface area contributed by atoms with Gasteiger partial charge in [0, 0.05) is 0 Å². The van der Waals surface area contributed by atoms with E-state index in [0.717, 1.165) is 5.02 Å². The van der Waals surface area contributed by atoms with Crippen LogP contribution in [0, 0.1) is 6.07 Å². The Morgan fingerprint density at radius 2 is 1.45 bits per heavy atom. The summed E-state index contributed by atoms with van der Waals surface area (Å²) in [6, 6.07) is 10.00. The topological polar surface area (TPSA) is 0 Å². The fraction of sp³-hybridized carbons (Fsp3) is 0. The largest absolute Gasteiger partial charge is 2.00 e. The van der Waals surface area contributed by atoms with Crippen molar-refractivity contribution in [2.45, 2.75) is 0 Å². The molecule has 52 valence electrons. The van der Waals surface area contributed by atoms with Crippen molar-refractivity contribution < 1.29 is 43.7 Å². The van der Waals surface area contributed by atoms with E-state index in [1.165, 1.54) is 0 Å². The summed E-state index contributed by atoms with van der Waals surface area (Å²) in [5.41, 5.74) is 0. The molecule has 0 saturated carbocycles. The second-order valence-corrected chi connectivity index (χ2v) is 1.65. The molecule has 0 saturated heterocycles. The van der Waals surface area contributed by atoms with Crippen LogP contribution in [0.1, 0.15) is 0 Å². The van der Waals surface area contributed by atoms with Crippen LogP contribution in [0.3, 0.4) is 0 Å². The van der Waals surface area contributed by atoms with Crippen LogP contribution in [-0.2, 0) is 0 Å². The molecule has 0 spiro atoms. The Morgan fingerprint density at radius 3 is 1.64 bits per heavy atom. The predicted molar refractivity (Wildman–Crippen MR) is 36.0 cm³/mol. The van der Waals surface area contributed by atoms with E-state index in [4.69, 9.17) is 11.6 Å². The summed E-state index contributed by atoms with van der Waals surface area (Å²) in [6.45, 7) is 0. The van der Waals surface area contributed by atoms with Crippen molar-refractivity contribution in [1.82, 2.24) is 0 Å². The van der Waals surface area contributed by atoms with Gasteiger partial charge in [0.15, 0.2) is 0 Å². The minimum absolute atomic E-state index is 0. The summed E-state index contributed by atoms with van der Waals surface area (Å²) in [5.74, 6) is 0. The minimum atomic E-state index is 0. The van der Waals surface area contributed by atoms with E-state index in [9.17, 15) is 0 Å². The third-order valence-electron chi connectivity index (χ3n) is 0.678. The number of hydrogen-bond donors (Lipinski definition) is 0. The molecule has 0 radical (unpaired) electrons. The van der Waals surface area contributed by atoms with Crippen LogP contribution in [0.25, 0.3) is 0 Å². The Labute approximate surface area is 113 Å². The van der Waals surface area contributed by atoms with Crippen LogP contribution in [0.15, 0.2) is 24.3 Å². The van der Waals surface area contributed by atoms with Gasteiger partial charge in [-0.3, -0.25) is 0 Å². The standard InChI is InChI=1S/C6H4Cl.2ClH.Li.Mg/c7-6-4-2-1-3-5-6;;;;/h2-5H;2*1H;;/q-1;;;+1;+2/p-2. The molecule has 0 atom stereocenters. The molecule has 1 aromatic rings. The minimum Gasteiger partial charge on any atom is -1.00 e. The molecule has 0 aliphatic rings. The average Bonchev–Trinajstić information content (AvgIpc) is 1.69. The van der Waals surface area contributed by atoms with Gasteiger partial charge in [-0.1, -0.05) is 5.02 Å². The van der Waals surface area contributed by atoms with Gasteiger partial charge < -0.3 is 24.8 Å². The first-order chi connectivity index (χ1) is 3.39. The number of rotatable bonds is 0. The van der Waals surface area contributed by atoms with E-state index in [1.54, 1.807) is 24.3 Å². The van der Waals surface area contributed by atoms with Gasteiger partial charge in [0.25, 0.3) is 0 Å². The Kier molecular flexibility index (Phi) is 29.1. The van der Waals surface area contributed by atoms with Crippen molar-refractivity contribution in [1.29, 1.82) is 0 Å². The van der Waals surface area contributed by atoms with Gasteiger partial charge in [0.1, 0.15) is 0 Å². The molecule has 0 aromatic heterocycles. The van der Waals surface area contributed by atoms with Gasteiger partial charge in [0.2, 0.25) is 0 Å². The Balaban J connectivity index is -0.0000000612. The van der Waals surface area contributed by atoms with Crippen LogP contribution >= 0.6 is 11.6 Å². The number of benzene rings is 1. The molecule has 0 N–H and O–H groups in total. The van der Waals surface area contributed by atoms with Crippen LogP contribution in [-0.4, -0.2) is 23.1 Å². The third-order valence-corrected chi connectivity index (χ3v) is 0.930. The maximum atomic E-state index is 5.52. The van der Waals surface area contributed by atoms with Gasteiger partial charge in [-0.2, -0.15) is 30.3 Å². The first-order valence-electron chi connectivity index (χ1n) is 2.01. The fourth-order valence-electron chi connectivity index (χ4n) is 0.367. The summed E-state index contributed by atoms with van der Waals surface area (Å²) < 4.78 is 0. The number of hydrogen-bond acceptors (Lipinski definition) is 0. The first kappa shape index (κ1) is 22.9. The SMILES string of the molecule is Clc1cc[c-]cc1.[Cl-].[Cl-].[Li+].[Mg+2]. The molecular formula is C6H4Cl3LiMg. The van der Waals surface area contributed by atoms with Crippen LogP contribution in [0.5, 0.6) is 0 Å². The average molecular weight is 214 g/mol. The zero-order valence-corrected chi connectivity index (χ0v) is 9.83. The molecule has 0 bridgehead atoms. The quantitative estimate of drug-likeness (QED) is 0.297. The predicted octanol–water partition coefficient (Wildman–Crippen LogP) is -7.23. The molecule has 1 rings (SSSR count). The van der Waals surface area contributed by atoms with Gasteiger partial charge in [-0.25, -0.2) is 0 Å². The maximum absolute atomic E-state index is 5.52. The van der Waals surface area contributed by atoms with Crippen molar-refractivity contribution in [3.05, 3.63) is 35.4 Å². The molecule has 0 amide bonds. The van der Waals surface area contributed by atoms with Crippen LogP contribution in [0.2, 0.25) is 5.02 Å². The summed E-state index contributed by atoms with van der Waals surface area (Å²) in [5, 5.41) is 0.763. The Bertz CT molecular complexity index is 148. The second kappa shape index (κ2) is 14.0. The van der Waals surface area contributed by atoms with E-state index in [0.29, 0.717) is 0 Å². The van der Waals surface area contributed by atoms with Gasteiger partial charge in [0.05, 0.1) is 0 Å². The van der Waals surface area contributed by atoms with Crippen LogP contribution in [0.4, 0.5) is 0 Å². The first-order valence-corrected chi connectivity index (χ1v) is 2.39. The van der Waals surface area contributed by atoms with Gasteiger partial charge in [-0.05, 0) is 0 Å². The van der Waals surface area contributed by atoms with Crippen molar-refractivity contribution in [2.75, 3.05) is 0 Å². The molecule has 0 unspecified atom stereocenters. The van der Waals surface area contributed by atoms with E-state index < -0.39 is 0 Å². The summed E-state index contributed by atoms with van der Waals surface area (Å²) in [6.07, 6.45) is 0. The fourth-order valence-corrected chi connectivity index (χ4v) is 0.493. The molecule has 0 aliphatic carbocycles. The molecule has 5 heteroatoms. The summed E-state index contributed by atoms with van der Waals surface area (Å²) >= 11 is 5.52. The summed E-state index contributed by atoms with van der Waals surface area (Å²) in [4.78, 5) is 0. The van der Waals surface area contributed by atoms with Crippen molar-refractivity contribution >= 4 is 34.7 Å². The normalized spacial score (nSPS) is 5.55. The van der Waals surface area contributed by atoms with Crippen molar-refractivity contribution in [2.24, 2.45) is 0 Å². The maximum Gasteiger partial charge on any atom is 2.00 e. The van der Waals surface area contributed by atoms with E-state index in [1.807, 2.05) is 0 Å². The van der Waals surface area contributed by atoms with E-state index in [-0.39, 0.29) is 66.7 Å². The molecular weight excluding hydrogens is 210 g/mol. The zero-order valence-electron chi connectivity index (χ0n) is 6.15. The smallest absolute Gasteiger partial charge is 1.00 e. The van der Waals surface area contributed by atoms with E-state index in [2.05, 4.69) is 6.07 Å². The third kappa shape index (κ3) is 11.5. The molecule has 0 aliphatic heterocycles. The Hall–Kier alpha value is 1.45. The molecule has 0 nitrogen and oxygen atoms in total. The molecule has 0 heterocycles. The summed E-state index contributed by atoms with van der Waals surface area (Å²) in [7, 11) is 0. The Morgan fingerprint density at radius 1 is 1.09 bits per heavy atom. The van der Waals surface area contributed by atoms with Crippen LogP contribution < -0.4 is 43.7 Å².